The van der Waals surface area contributed by atoms with E-state index >= 15 is 0 Å². The van der Waals surface area contributed by atoms with E-state index in [9.17, 15) is 23.7 Å². The number of non-ortho nitro benzene ring substituents is 1. The largest absolute Gasteiger partial charge is 0.435 e. The number of hydrogen-bond donors (Lipinski definition) is 2. The van der Waals surface area contributed by atoms with Gasteiger partial charge in [0.05, 0.1) is 11.5 Å². The number of benzene rings is 2. The number of carbonyl (C=O) groups excluding carboxylic acids is 1. The highest BCUT2D eigenvalue weighted by atomic mass is 19.3. The summed E-state index contributed by atoms with van der Waals surface area (Å²) < 4.78 is 28.3. The first-order chi connectivity index (χ1) is 11.8. The maximum atomic E-state index is 12.1. The lowest BCUT2D eigenvalue weighted by molar-refractivity contribution is -0.384. The van der Waals surface area contributed by atoms with Crippen molar-refractivity contribution in [3.05, 3.63) is 58.1 Å². The van der Waals surface area contributed by atoms with Gasteiger partial charge in [-0.25, -0.2) is 0 Å². The van der Waals surface area contributed by atoms with Crippen LogP contribution in [0.3, 0.4) is 0 Å². The number of halogens is 2. The number of alkyl halides is 2. The Morgan fingerprint density at radius 2 is 1.92 bits per heavy atom. The number of aryl methyl sites for hydroxylation is 1. The molecule has 0 unspecified atom stereocenters. The van der Waals surface area contributed by atoms with Crippen molar-refractivity contribution in [3.8, 4) is 5.75 Å². The van der Waals surface area contributed by atoms with Crippen LogP contribution in [0.2, 0.25) is 0 Å². The molecular weight excluding hydrogens is 336 g/mol. The van der Waals surface area contributed by atoms with Crippen LogP contribution >= 0.6 is 0 Å². The van der Waals surface area contributed by atoms with Gasteiger partial charge < -0.3 is 15.4 Å². The zero-order valence-electron chi connectivity index (χ0n) is 13.2. The Balaban J connectivity index is 1.92. The van der Waals surface area contributed by atoms with Crippen molar-refractivity contribution >= 4 is 23.0 Å². The fraction of sp³-hybridized carbons (Fsp3) is 0.188. The Labute approximate surface area is 141 Å². The molecule has 0 atom stereocenters. The lowest BCUT2D eigenvalue weighted by Gasteiger charge is -2.10. The van der Waals surface area contributed by atoms with E-state index in [1.54, 1.807) is 13.0 Å². The van der Waals surface area contributed by atoms with E-state index in [0.29, 0.717) is 11.4 Å². The molecule has 0 saturated heterocycles. The fourth-order valence-corrected chi connectivity index (χ4v) is 2.01. The van der Waals surface area contributed by atoms with Crippen molar-refractivity contribution in [2.45, 2.75) is 13.5 Å². The van der Waals surface area contributed by atoms with Crippen molar-refractivity contribution < 1.29 is 23.2 Å². The monoisotopic (exact) mass is 351 g/mol. The first kappa shape index (κ1) is 18.1. The fourth-order valence-electron chi connectivity index (χ4n) is 2.01. The summed E-state index contributed by atoms with van der Waals surface area (Å²) in [4.78, 5) is 22.2. The second-order valence-electron chi connectivity index (χ2n) is 5.06. The van der Waals surface area contributed by atoms with Crippen molar-refractivity contribution in [3.63, 3.8) is 0 Å². The molecule has 2 rings (SSSR count). The van der Waals surface area contributed by atoms with Crippen LogP contribution < -0.4 is 15.4 Å². The number of carbonyl (C=O) groups is 1. The number of anilines is 2. The molecule has 1 amide bonds. The number of amides is 1. The molecule has 0 aliphatic carbocycles. The summed E-state index contributed by atoms with van der Waals surface area (Å²) in [7, 11) is 0. The third kappa shape index (κ3) is 5.41. The zero-order chi connectivity index (χ0) is 18.4. The predicted molar refractivity (Wildman–Crippen MR) is 88.0 cm³/mol. The van der Waals surface area contributed by atoms with Crippen LogP contribution in [0.1, 0.15) is 5.56 Å². The lowest BCUT2D eigenvalue weighted by atomic mass is 10.2. The molecule has 25 heavy (non-hydrogen) atoms. The second-order valence-corrected chi connectivity index (χ2v) is 5.06. The molecule has 0 saturated carbocycles. The number of nitro groups is 1. The molecule has 7 nitrogen and oxygen atoms in total. The van der Waals surface area contributed by atoms with Gasteiger partial charge in [-0.05, 0) is 36.8 Å². The minimum absolute atomic E-state index is 0.0154. The topological polar surface area (TPSA) is 93.5 Å². The molecule has 0 fully saturated rings. The quantitative estimate of drug-likeness (QED) is 0.588. The van der Waals surface area contributed by atoms with Crippen LogP contribution in [0.5, 0.6) is 5.75 Å². The molecule has 0 bridgehead atoms. The van der Waals surface area contributed by atoms with Gasteiger partial charge in [0, 0.05) is 23.5 Å². The molecule has 9 heteroatoms. The van der Waals surface area contributed by atoms with Crippen LogP contribution in [-0.4, -0.2) is 24.0 Å². The molecule has 132 valence electrons. The summed E-state index contributed by atoms with van der Waals surface area (Å²) in [6.07, 6.45) is 0. The average Bonchev–Trinajstić information content (AvgIpc) is 2.55. The Morgan fingerprint density at radius 3 is 2.52 bits per heavy atom. The van der Waals surface area contributed by atoms with E-state index in [0.717, 1.165) is 5.56 Å². The van der Waals surface area contributed by atoms with Crippen molar-refractivity contribution in [1.29, 1.82) is 0 Å². The number of hydrogen-bond acceptors (Lipinski definition) is 5. The molecule has 0 spiro atoms. The molecule has 0 aliphatic heterocycles. The van der Waals surface area contributed by atoms with Gasteiger partial charge in [-0.15, -0.1) is 0 Å². The maximum absolute atomic E-state index is 12.1. The number of nitrogens with zero attached hydrogens (tertiary/aromatic N) is 1. The lowest BCUT2D eigenvalue weighted by Crippen LogP contribution is -2.22. The highest BCUT2D eigenvalue weighted by molar-refractivity contribution is 5.93. The van der Waals surface area contributed by atoms with Crippen LogP contribution in [0, 0.1) is 17.0 Å². The van der Waals surface area contributed by atoms with Crippen LogP contribution in [0.4, 0.5) is 25.8 Å². The highest BCUT2D eigenvalue weighted by Crippen LogP contribution is 2.22. The molecule has 2 aromatic carbocycles. The minimum Gasteiger partial charge on any atom is -0.435 e. The van der Waals surface area contributed by atoms with Gasteiger partial charge in [0.15, 0.2) is 0 Å². The van der Waals surface area contributed by atoms with Gasteiger partial charge in [0.25, 0.3) is 5.69 Å². The molecule has 0 radical (unpaired) electrons. The van der Waals surface area contributed by atoms with Crippen LogP contribution in [-0.2, 0) is 4.79 Å². The van der Waals surface area contributed by atoms with E-state index < -0.39 is 17.4 Å². The van der Waals surface area contributed by atoms with Gasteiger partial charge >= 0.3 is 6.61 Å². The molecule has 0 aromatic heterocycles. The first-order valence-corrected chi connectivity index (χ1v) is 7.19. The van der Waals surface area contributed by atoms with Gasteiger partial charge in [-0.2, -0.15) is 8.78 Å². The normalized spacial score (nSPS) is 10.4. The van der Waals surface area contributed by atoms with Gasteiger partial charge in [-0.3, -0.25) is 14.9 Å². The van der Waals surface area contributed by atoms with E-state index in [2.05, 4.69) is 15.4 Å². The Kier molecular flexibility index (Phi) is 5.83. The van der Waals surface area contributed by atoms with E-state index in [-0.39, 0.29) is 18.0 Å². The number of rotatable bonds is 7. The summed E-state index contributed by atoms with van der Waals surface area (Å²) in [5.41, 5.74) is 1.56. The van der Waals surface area contributed by atoms with Crippen LogP contribution in [0.15, 0.2) is 42.5 Å². The standard InChI is InChI=1S/C16H15F2N3O4/c1-10-2-5-12(21(23)24)8-14(10)19-9-15(22)20-11-3-6-13(7-4-11)25-16(17)18/h2-8,16,19H,9H2,1H3,(H,20,22). The summed E-state index contributed by atoms with van der Waals surface area (Å²) in [5, 5.41) is 16.2. The Bertz CT molecular complexity index is 766. The molecular formula is C16H15F2N3O4. The number of ether oxygens (including phenoxy) is 1. The molecule has 0 heterocycles. The molecule has 0 aliphatic rings. The smallest absolute Gasteiger partial charge is 0.387 e. The number of nitrogens with one attached hydrogen (secondary N) is 2. The number of nitro benzene ring substituents is 1. The SMILES string of the molecule is Cc1ccc([N+](=O)[O-])cc1NCC(=O)Nc1ccc(OC(F)F)cc1. The summed E-state index contributed by atoms with van der Waals surface area (Å²) in [5.74, 6) is -0.410. The van der Waals surface area contributed by atoms with Crippen molar-refractivity contribution in [2.75, 3.05) is 17.2 Å². The van der Waals surface area contributed by atoms with Gasteiger partial charge in [0.1, 0.15) is 5.75 Å². The zero-order valence-corrected chi connectivity index (χ0v) is 13.2. The Morgan fingerprint density at radius 1 is 1.24 bits per heavy atom. The second kappa shape index (κ2) is 8.04. The van der Waals surface area contributed by atoms with Gasteiger partial charge in [-0.1, -0.05) is 6.07 Å². The molecule has 2 N–H and O–H groups in total. The van der Waals surface area contributed by atoms with E-state index in [1.165, 1.54) is 36.4 Å². The van der Waals surface area contributed by atoms with Crippen molar-refractivity contribution in [2.24, 2.45) is 0 Å². The van der Waals surface area contributed by atoms with E-state index in [4.69, 9.17) is 0 Å². The average molecular weight is 351 g/mol. The first-order valence-electron chi connectivity index (χ1n) is 7.19. The van der Waals surface area contributed by atoms with Crippen molar-refractivity contribution in [1.82, 2.24) is 0 Å². The summed E-state index contributed by atoms with van der Waals surface area (Å²) in [6, 6.07) is 9.77. The third-order valence-electron chi connectivity index (χ3n) is 3.23. The third-order valence-corrected chi connectivity index (χ3v) is 3.23. The summed E-state index contributed by atoms with van der Waals surface area (Å²) in [6.45, 7) is -1.27. The minimum atomic E-state index is -2.91. The van der Waals surface area contributed by atoms with E-state index in [1.807, 2.05) is 0 Å². The highest BCUT2D eigenvalue weighted by Gasteiger charge is 2.10. The summed E-state index contributed by atoms with van der Waals surface area (Å²) >= 11 is 0. The Hall–Kier alpha value is -3.23. The van der Waals surface area contributed by atoms with Gasteiger partial charge in [0.2, 0.25) is 5.91 Å². The molecule has 2 aromatic rings. The predicted octanol–water partition coefficient (Wildman–Crippen LogP) is 3.56. The van der Waals surface area contributed by atoms with Crippen LogP contribution in [0.25, 0.3) is 0 Å². The maximum Gasteiger partial charge on any atom is 0.387 e.